The second-order valence-electron chi connectivity index (χ2n) is 2.50. The fraction of sp³-hybridized carbons (Fsp3) is 0.714. The second-order valence-corrected chi connectivity index (χ2v) is 2.50. The van der Waals surface area contributed by atoms with Gasteiger partial charge in [-0.25, -0.2) is 0 Å². The molecule has 0 aromatic heterocycles. The summed E-state index contributed by atoms with van der Waals surface area (Å²) in [7, 11) is 0. The molecular formula is C7H10N2O. The highest BCUT2D eigenvalue weighted by Gasteiger charge is 2.14. The Morgan fingerprint density at radius 2 is 2.40 bits per heavy atom. The van der Waals surface area contributed by atoms with Crippen LogP contribution in [0.4, 0.5) is 0 Å². The van der Waals surface area contributed by atoms with E-state index in [0.29, 0.717) is 13.0 Å². The summed E-state index contributed by atoms with van der Waals surface area (Å²) in [5.41, 5.74) is 0. The van der Waals surface area contributed by atoms with Gasteiger partial charge in [0.1, 0.15) is 0 Å². The van der Waals surface area contributed by atoms with E-state index in [4.69, 9.17) is 5.26 Å². The number of carbonyl (C=O) groups excluding carboxylic acids is 1. The highest BCUT2D eigenvalue weighted by Crippen LogP contribution is 2.11. The molecule has 1 saturated heterocycles. The van der Waals surface area contributed by atoms with E-state index in [1.165, 1.54) is 0 Å². The molecule has 1 fully saturated rings. The average molecular weight is 138 g/mol. The third-order valence-electron chi connectivity index (χ3n) is 1.72. The average Bonchev–Trinajstić information content (AvgIpc) is 2.14. The first kappa shape index (κ1) is 7.07. The molecule has 3 heteroatoms. The van der Waals surface area contributed by atoms with Crippen molar-refractivity contribution in [2.45, 2.75) is 19.3 Å². The third kappa shape index (κ3) is 1.73. The van der Waals surface area contributed by atoms with Crippen molar-refractivity contribution in [3.63, 3.8) is 0 Å². The van der Waals surface area contributed by atoms with E-state index in [9.17, 15) is 4.79 Å². The number of nitrogens with one attached hydrogen (secondary N) is 1. The Labute approximate surface area is 60.0 Å². The lowest BCUT2D eigenvalue weighted by atomic mass is 10.0. The van der Waals surface area contributed by atoms with Crippen molar-refractivity contribution in [2.75, 3.05) is 6.54 Å². The third-order valence-corrected chi connectivity index (χ3v) is 1.72. The summed E-state index contributed by atoms with van der Waals surface area (Å²) >= 11 is 0. The SMILES string of the molecule is N#C[C@H]1CCNC(=O)CC1. The lowest BCUT2D eigenvalue weighted by Crippen LogP contribution is -2.21. The van der Waals surface area contributed by atoms with Gasteiger partial charge in [-0.3, -0.25) is 4.79 Å². The maximum absolute atomic E-state index is 10.7. The molecule has 0 spiro atoms. The lowest BCUT2D eigenvalue weighted by molar-refractivity contribution is -0.120. The molecule has 0 bridgehead atoms. The molecule has 0 aromatic carbocycles. The van der Waals surface area contributed by atoms with E-state index in [-0.39, 0.29) is 11.8 Å². The molecule has 1 amide bonds. The van der Waals surface area contributed by atoms with Crippen LogP contribution in [0.2, 0.25) is 0 Å². The van der Waals surface area contributed by atoms with Gasteiger partial charge in [0.2, 0.25) is 5.91 Å². The fourth-order valence-electron chi connectivity index (χ4n) is 1.05. The van der Waals surface area contributed by atoms with Crippen LogP contribution in [0.15, 0.2) is 0 Å². The monoisotopic (exact) mass is 138 g/mol. The van der Waals surface area contributed by atoms with Crippen LogP contribution in [0.5, 0.6) is 0 Å². The van der Waals surface area contributed by atoms with Gasteiger partial charge in [0.15, 0.2) is 0 Å². The van der Waals surface area contributed by atoms with E-state index in [1.807, 2.05) is 0 Å². The number of carbonyl (C=O) groups is 1. The Kier molecular flexibility index (Phi) is 2.27. The minimum absolute atomic E-state index is 0.0813. The van der Waals surface area contributed by atoms with Crippen molar-refractivity contribution in [1.82, 2.24) is 5.32 Å². The van der Waals surface area contributed by atoms with Crippen molar-refractivity contribution >= 4 is 5.91 Å². The van der Waals surface area contributed by atoms with Gasteiger partial charge in [-0.15, -0.1) is 0 Å². The predicted octanol–water partition coefficient (Wildman–Crippen LogP) is 0.426. The Morgan fingerprint density at radius 1 is 1.60 bits per heavy atom. The molecule has 3 nitrogen and oxygen atoms in total. The van der Waals surface area contributed by atoms with Crippen LogP contribution in [0.25, 0.3) is 0 Å². The van der Waals surface area contributed by atoms with Gasteiger partial charge in [0.25, 0.3) is 0 Å². The molecule has 1 atom stereocenters. The molecule has 0 saturated carbocycles. The Bertz CT molecular complexity index is 171. The smallest absolute Gasteiger partial charge is 0.220 e. The Balaban J connectivity index is 2.42. The minimum atomic E-state index is 0.0813. The summed E-state index contributed by atoms with van der Waals surface area (Å²) < 4.78 is 0. The largest absolute Gasteiger partial charge is 0.356 e. The first-order valence-corrected chi connectivity index (χ1v) is 3.49. The van der Waals surface area contributed by atoms with Crippen molar-refractivity contribution in [3.05, 3.63) is 0 Å². The topological polar surface area (TPSA) is 52.9 Å². The molecule has 1 aliphatic rings. The summed E-state index contributed by atoms with van der Waals surface area (Å²) in [6, 6.07) is 2.17. The molecule has 1 aliphatic heterocycles. The summed E-state index contributed by atoms with van der Waals surface area (Å²) in [4.78, 5) is 10.7. The van der Waals surface area contributed by atoms with Crippen LogP contribution in [0.1, 0.15) is 19.3 Å². The molecule has 54 valence electrons. The van der Waals surface area contributed by atoms with Crippen molar-refractivity contribution in [2.24, 2.45) is 5.92 Å². The molecule has 1 rings (SSSR count). The predicted molar refractivity (Wildman–Crippen MR) is 36.0 cm³/mol. The molecule has 0 aliphatic carbocycles. The van der Waals surface area contributed by atoms with E-state index in [0.717, 1.165) is 12.8 Å². The number of hydrogen-bond donors (Lipinski definition) is 1. The molecule has 1 N–H and O–H groups in total. The Morgan fingerprint density at radius 3 is 3.10 bits per heavy atom. The first-order chi connectivity index (χ1) is 4.83. The van der Waals surface area contributed by atoms with E-state index < -0.39 is 0 Å². The lowest BCUT2D eigenvalue weighted by Gasteiger charge is -1.98. The van der Waals surface area contributed by atoms with Crippen LogP contribution >= 0.6 is 0 Å². The number of nitriles is 1. The number of amides is 1. The standard InChI is InChI=1S/C7H10N2O/c8-5-6-1-2-7(10)9-4-3-6/h6H,1-4H2,(H,9,10)/t6-/m1/s1. The van der Waals surface area contributed by atoms with Crippen LogP contribution in [0.3, 0.4) is 0 Å². The van der Waals surface area contributed by atoms with Gasteiger partial charge in [0, 0.05) is 18.9 Å². The number of hydrogen-bond acceptors (Lipinski definition) is 2. The molecular weight excluding hydrogens is 128 g/mol. The van der Waals surface area contributed by atoms with E-state index in [1.54, 1.807) is 0 Å². The highest BCUT2D eigenvalue weighted by atomic mass is 16.1. The van der Waals surface area contributed by atoms with Gasteiger partial charge in [-0.1, -0.05) is 0 Å². The zero-order valence-corrected chi connectivity index (χ0v) is 5.76. The van der Waals surface area contributed by atoms with Crippen LogP contribution in [-0.2, 0) is 4.79 Å². The molecule has 0 aromatic rings. The number of nitrogens with zero attached hydrogens (tertiary/aromatic N) is 1. The van der Waals surface area contributed by atoms with Crippen molar-refractivity contribution in [3.8, 4) is 6.07 Å². The zero-order chi connectivity index (χ0) is 7.40. The first-order valence-electron chi connectivity index (χ1n) is 3.49. The Hall–Kier alpha value is -1.04. The molecule has 1 heterocycles. The maximum Gasteiger partial charge on any atom is 0.220 e. The molecule has 10 heavy (non-hydrogen) atoms. The van der Waals surface area contributed by atoms with E-state index >= 15 is 0 Å². The van der Waals surface area contributed by atoms with Crippen LogP contribution in [-0.4, -0.2) is 12.5 Å². The van der Waals surface area contributed by atoms with E-state index in [2.05, 4.69) is 11.4 Å². The second kappa shape index (κ2) is 3.21. The quantitative estimate of drug-likeness (QED) is 0.527. The normalized spacial score (nSPS) is 26.3. The summed E-state index contributed by atoms with van der Waals surface area (Å²) in [5, 5.41) is 11.2. The van der Waals surface area contributed by atoms with Gasteiger partial charge < -0.3 is 5.32 Å². The fourth-order valence-corrected chi connectivity index (χ4v) is 1.05. The van der Waals surface area contributed by atoms with Crippen LogP contribution < -0.4 is 5.32 Å². The highest BCUT2D eigenvalue weighted by molar-refractivity contribution is 5.76. The molecule has 0 radical (unpaired) electrons. The van der Waals surface area contributed by atoms with Crippen molar-refractivity contribution < 1.29 is 4.79 Å². The van der Waals surface area contributed by atoms with Crippen molar-refractivity contribution in [1.29, 1.82) is 5.26 Å². The summed E-state index contributed by atoms with van der Waals surface area (Å²) in [6.07, 6.45) is 2.04. The number of rotatable bonds is 0. The minimum Gasteiger partial charge on any atom is -0.356 e. The zero-order valence-electron chi connectivity index (χ0n) is 5.76. The summed E-state index contributed by atoms with van der Waals surface area (Å²) in [6.45, 7) is 0.664. The van der Waals surface area contributed by atoms with Gasteiger partial charge >= 0.3 is 0 Å². The van der Waals surface area contributed by atoms with Gasteiger partial charge in [0.05, 0.1) is 6.07 Å². The summed E-state index contributed by atoms with van der Waals surface area (Å²) in [5.74, 6) is 0.164. The maximum atomic E-state index is 10.7. The van der Waals surface area contributed by atoms with Gasteiger partial charge in [-0.05, 0) is 12.8 Å². The van der Waals surface area contributed by atoms with Crippen LogP contribution in [0, 0.1) is 17.2 Å². The van der Waals surface area contributed by atoms with Gasteiger partial charge in [-0.2, -0.15) is 5.26 Å². The molecule has 0 unspecified atom stereocenters.